The lowest BCUT2D eigenvalue weighted by Crippen LogP contribution is -2.34. The number of nitrogens with zero attached hydrogens (tertiary/aromatic N) is 1. The minimum Gasteiger partial charge on any atom is -0.495 e. The van der Waals surface area contributed by atoms with E-state index < -0.39 is 0 Å². The van der Waals surface area contributed by atoms with E-state index in [-0.39, 0.29) is 16.4 Å². The Morgan fingerprint density at radius 3 is 2.73 bits per heavy atom. The van der Waals surface area contributed by atoms with E-state index in [9.17, 15) is 10.1 Å². The van der Waals surface area contributed by atoms with Gasteiger partial charge in [-0.2, -0.15) is 5.26 Å². The van der Waals surface area contributed by atoms with Crippen LogP contribution in [0.1, 0.15) is 53.6 Å². The molecule has 158 valence electrons. The Hall–Kier alpha value is -2.14. The number of hydrogen-bond donors (Lipinski definition) is 2. The highest BCUT2D eigenvalue weighted by Crippen LogP contribution is 2.44. The number of thiophene rings is 1. The molecule has 1 aromatic heterocycles. The second-order valence-electron chi connectivity index (χ2n) is 8.38. The van der Waals surface area contributed by atoms with Gasteiger partial charge in [-0.15, -0.1) is 11.3 Å². The van der Waals surface area contributed by atoms with Crippen molar-refractivity contribution in [1.82, 2.24) is 5.32 Å². The van der Waals surface area contributed by atoms with E-state index in [0.717, 1.165) is 24.8 Å². The minimum atomic E-state index is -0.385. The van der Waals surface area contributed by atoms with Crippen molar-refractivity contribution in [3.63, 3.8) is 0 Å². The number of benzene rings is 1. The molecular weight excluding hydrogens is 438 g/mol. The molecule has 8 heteroatoms. The molecule has 0 saturated carbocycles. The Bertz CT molecular complexity index is 1030. The van der Waals surface area contributed by atoms with Gasteiger partial charge in [0.2, 0.25) is 0 Å². The third-order valence-corrected chi connectivity index (χ3v) is 7.14. The summed E-state index contributed by atoms with van der Waals surface area (Å²) in [6, 6.07) is 7.07. The quantitative estimate of drug-likeness (QED) is 0.585. The zero-order valence-corrected chi connectivity index (χ0v) is 19.8. The minimum absolute atomic E-state index is 0.148. The number of halogens is 1. The molecule has 1 aliphatic carbocycles. The van der Waals surface area contributed by atoms with Crippen molar-refractivity contribution in [2.45, 2.75) is 40.0 Å². The lowest BCUT2D eigenvalue weighted by molar-refractivity contribution is 0.0977. The van der Waals surface area contributed by atoms with Crippen molar-refractivity contribution in [3.05, 3.63) is 44.8 Å². The lowest BCUT2D eigenvalue weighted by Gasteiger charge is -2.33. The summed E-state index contributed by atoms with van der Waals surface area (Å²) >= 11 is 13.0. The van der Waals surface area contributed by atoms with Crippen LogP contribution in [0.5, 0.6) is 5.75 Å². The summed E-state index contributed by atoms with van der Waals surface area (Å²) in [6.07, 6.45) is 2.92. The van der Waals surface area contributed by atoms with Crippen molar-refractivity contribution < 1.29 is 9.53 Å². The Morgan fingerprint density at radius 1 is 1.40 bits per heavy atom. The summed E-state index contributed by atoms with van der Waals surface area (Å²) in [4.78, 5) is 13.7. The van der Waals surface area contributed by atoms with Gasteiger partial charge in [0, 0.05) is 10.4 Å². The second kappa shape index (κ2) is 8.93. The molecule has 2 aromatic rings. The van der Waals surface area contributed by atoms with E-state index in [2.05, 4.69) is 37.5 Å². The molecule has 1 atom stereocenters. The third kappa shape index (κ3) is 4.77. The highest BCUT2D eigenvalue weighted by Gasteiger charge is 2.32. The van der Waals surface area contributed by atoms with Crippen LogP contribution >= 0.6 is 35.2 Å². The summed E-state index contributed by atoms with van der Waals surface area (Å²) < 4.78 is 5.10. The molecule has 0 aliphatic heterocycles. The molecular formula is C22H24ClN3O2S2. The van der Waals surface area contributed by atoms with Gasteiger partial charge in [0.05, 0.1) is 17.7 Å². The van der Waals surface area contributed by atoms with E-state index in [1.807, 2.05) is 0 Å². The van der Waals surface area contributed by atoms with Crippen molar-refractivity contribution in [1.29, 1.82) is 5.26 Å². The maximum absolute atomic E-state index is 12.5. The Balaban J connectivity index is 1.73. The van der Waals surface area contributed by atoms with Crippen molar-refractivity contribution in [2.24, 2.45) is 11.3 Å². The fourth-order valence-corrected chi connectivity index (χ4v) is 5.45. The maximum atomic E-state index is 12.5. The van der Waals surface area contributed by atoms with Crippen LogP contribution in [-0.4, -0.2) is 18.1 Å². The number of carbonyl (C=O) groups excluding carboxylic acids is 1. The maximum Gasteiger partial charge on any atom is 0.257 e. The second-order valence-corrected chi connectivity index (χ2v) is 10.3. The van der Waals surface area contributed by atoms with Gasteiger partial charge in [0.1, 0.15) is 16.8 Å². The fourth-order valence-electron chi connectivity index (χ4n) is 3.65. The van der Waals surface area contributed by atoms with E-state index in [0.29, 0.717) is 32.8 Å². The number of methoxy groups -OCH3 is 1. The van der Waals surface area contributed by atoms with Crippen LogP contribution in [0.3, 0.4) is 0 Å². The number of anilines is 1. The number of nitrogens with one attached hydrogen (secondary N) is 2. The molecule has 0 spiro atoms. The molecule has 1 aromatic carbocycles. The van der Waals surface area contributed by atoms with Gasteiger partial charge in [-0.1, -0.05) is 32.4 Å². The van der Waals surface area contributed by atoms with Crippen LogP contribution in [0.15, 0.2) is 18.2 Å². The molecule has 0 radical (unpaired) electrons. The number of hydrogen-bond acceptors (Lipinski definition) is 5. The first-order chi connectivity index (χ1) is 14.1. The number of amides is 1. The third-order valence-electron chi connectivity index (χ3n) is 5.47. The average Bonchev–Trinajstić information content (AvgIpc) is 3.02. The Labute approximate surface area is 191 Å². The van der Waals surface area contributed by atoms with Crippen molar-refractivity contribution >= 4 is 51.2 Å². The number of ether oxygens (including phenoxy) is 1. The lowest BCUT2D eigenvalue weighted by atomic mass is 9.72. The molecule has 0 unspecified atom stereocenters. The Kier molecular flexibility index (Phi) is 6.71. The predicted octanol–water partition coefficient (Wildman–Crippen LogP) is 5.56. The van der Waals surface area contributed by atoms with Crippen LogP contribution in [0.25, 0.3) is 0 Å². The summed E-state index contributed by atoms with van der Waals surface area (Å²) in [6.45, 7) is 6.78. The molecule has 0 bridgehead atoms. The predicted molar refractivity (Wildman–Crippen MR) is 126 cm³/mol. The van der Waals surface area contributed by atoms with Gasteiger partial charge in [0.15, 0.2) is 5.11 Å². The molecule has 3 rings (SSSR count). The fraction of sp³-hybridized carbons (Fsp3) is 0.409. The first-order valence-electron chi connectivity index (χ1n) is 9.64. The van der Waals surface area contributed by atoms with Gasteiger partial charge in [-0.05, 0) is 66.6 Å². The summed E-state index contributed by atoms with van der Waals surface area (Å²) in [5.74, 6) is 0.685. The normalized spacial score (nSPS) is 15.7. The number of fused-ring (bicyclic) bond motifs is 1. The zero-order valence-electron chi connectivity index (χ0n) is 17.4. The average molecular weight is 462 g/mol. The van der Waals surface area contributed by atoms with Crippen LogP contribution < -0.4 is 15.4 Å². The topological polar surface area (TPSA) is 74.2 Å². The first-order valence-corrected chi connectivity index (χ1v) is 11.2. The van der Waals surface area contributed by atoms with Gasteiger partial charge in [-0.25, -0.2) is 0 Å². The zero-order chi connectivity index (χ0) is 22.1. The van der Waals surface area contributed by atoms with E-state index in [1.54, 1.807) is 23.5 Å². The molecule has 0 saturated heterocycles. The highest BCUT2D eigenvalue weighted by molar-refractivity contribution is 7.80. The van der Waals surface area contributed by atoms with E-state index >= 15 is 0 Å². The summed E-state index contributed by atoms with van der Waals surface area (Å²) in [5, 5.41) is 16.6. The largest absolute Gasteiger partial charge is 0.495 e. The molecule has 30 heavy (non-hydrogen) atoms. The molecule has 1 amide bonds. The first kappa shape index (κ1) is 22.5. The van der Waals surface area contributed by atoms with Gasteiger partial charge in [-0.3, -0.25) is 10.1 Å². The van der Waals surface area contributed by atoms with Gasteiger partial charge < -0.3 is 10.1 Å². The monoisotopic (exact) mass is 461 g/mol. The molecule has 2 N–H and O–H groups in total. The van der Waals surface area contributed by atoms with Crippen LogP contribution in [-0.2, 0) is 12.8 Å². The van der Waals surface area contributed by atoms with Crippen molar-refractivity contribution in [2.75, 3.05) is 12.4 Å². The smallest absolute Gasteiger partial charge is 0.257 e. The van der Waals surface area contributed by atoms with E-state index in [1.165, 1.54) is 18.1 Å². The Morgan fingerprint density at radius 2 is 2.13 bits per heavy atom. The van der Waals surface area contributed by atoms with Crippen LogP contribution in [0.4, 0.5) is 5.00 Å². The molecule has 5 nitrogen and oxygen atoms in total. The molecule has 1 heterocycles. The summed E-state index contributed by atoms with van der Waals surface area (Å²) in [5.41, 5.74) is 2.34. The van der Waals surface area contributed by atoms with E-state index in [4.69, 9.17) is 28.6 Å². The molecule has 0 fully saturated rings. The number of carbonyl (C=O) groups is 1. The number of rotatable bonds is 3. The number of nitriles is 1. The highest BCUT2D eigenvalue weighted by atomic mass is 35.5. The summed E-state index contributed by atoms with van der Waals surface area (Å²) in [7, 11) is 1.51. The van der Waals surface area contributed by atoms with Gasteiger partial charge in [0.25, 0.3) is 5.91 Å². The van der Waals surface area contributed by atoms with Crippen molar-refractivity contribution in [3.8, 4) is 11.8 Å². The SMILES string of the molecule is COc1ccc(C(=O)NC(=S)Nc2sc3c(c2C#N)CC[C@H](C(C)(C)C)C3)cc1Cl. The molecule has 1 aliphatic rings. The van der Waals surface area contributed by atoms with Crippen LogP contribution in [0.2, 0.25) is 5.02 Å². The van der Waals surface area contributed by atoms with Gasteiger partial charge >= 0.3 is 0 Å². The number of thiocarbonyl (C=S) groups is 1. The standard InChI is InChI=1S/C22H24ClN3O2S2/c1-22(2,3)13-6-7-14-15(11-24)20(30-18(14)10-13)26-21(29)25-19(27)12-5-8-17(28-4)16(23)9-12/h5,8-9,13H,6-7,10H2,1-4H3,(H2,25,26,27,29)/t13-/m0/s1. The van der Waals surface area contributed by atoms with Crippen LogP contribution in [0, 0.1) is 22.7 Å².